The Morgan fingerprint density at radius 1 is 1.11 bits per heavy atom. The Balaban J connectivity index is 2.62. The summed E-state index contributed by atoms with van der Waals surface area (Å²) in [5.74, 6) is 1.34. The second-order valence-corrected chi connectivity index (χ2v) is 3.85. The van der Waals surface area contributed by atoms with Crippen molar-refractivity contribution in [1.82, 2.24) is 9.97 Å². The van der Waals surface area contributed by atoms with Gasteiger partial charge in [0, 0.05) is 17.8 Å². The lowest BCUT2D eigenvalue weighted by Crippen LogP contribution is -2.11. The van der Waals surface area contributed by atoms with Gasteiger partial charge in [-0.1, -0.05) is 0 Å². The van der Waals surface area contributed by atoms with Gasteiger partial charge in [0.05, 0.1) is 19.9 Å². The van der Waals surface area contributed by atoms with E-state index in [0.29, 0.717) is 17.2 Å². The highest BCUT2D eigenvalue weighted by atomic mass is 16.5. The quantitative estimate of drug-likeness (QED) is 0.896. The van der Waals surface area contributed by atoms with Crippen LogP contribution in [0.25, 0.3) is 11.3 Å². The maximum absolute atomic E-state index is 11.3. The Morgan fingerprint density at radius 2 is 1.72 bits per heavy atom. The molecule has 0 fully saturated rings. The summed E-state index contributed by atoms with van der Waals surface area (Å²) in [5, 5.41) is 0. The molecule has 0 saturated carbocycles. The van der Waals surface area contributed by atoms with Crippen molar-refractivity contribution in [3.05, 3.63) is 40.4 Å². The molecule has 1 aromatic carbocycles. The third-order valence-corrected chi connectivity index (χ3v) is 2.64. The zero-order chi connectivity index (χ0) is 13.1. The lowest BCUT2D eigenvalue weighted by Gasteiger charge is -2.09. The molecule has 18 heavy (non-hydrogen) atoms. The number of aromatic amines is 1. The third-order valence-electron chi connectivity index (χ3n) is 2.64. The SMILES string of the molecule is COc1cc(OC)cc(-c2[nH]c(=O)ncc2C)c1. The summed E-state index contributed by atoms with van der Waals surface area (Å²) < 4.78 is 10.4. The van der Waals surface area contributed by atoms with Crippen LogP contribution in [0.15, 0.2) is 29.2 Å². The van der Waals surface area contributed by atoms with Gasteiger partial charge >= 0.3 is 5.69 Å². The van der Waals surface area contributed by atoms with Crippen molar-refractivity contribution in [1.29, 1.82) is 0 Å². The van der Waals surface area contributed by atoms with Gasteiger partial charge in [0.2, 0.25) is 0 Å². The van der Waals surface area contributed by atoms with Crippen molar-refractivity contribution >= 4 is 0 Å². The molecule has 0 spiro atoms. The molecule has 0 saturated heterocycles. The van der Waals surface area contributed by atoms with E-state index in [2.05, 4.69) is 9.97 Å². The molecule has 0 unspecified atom stereocenters. The molecule has 0 bridgehead atoms. The average Bonchev–Trinajstić information content (AvgIpc) is 2.40. The van der Waals surface area contributed by atoms with Crippen LogP contribution in [0.5, 0.6) is 11.5 Å². The van der Waals surface area contributed by atoms with Crippen molar-refractivity contribution in [2.24, 2.45) is 0 Å². The van der Waals surface area contributed by atoms with Crippen molar-refractivity contribution in [3.63, 3.8) is 0 Å². The van der Waals surface area contributed by atoms with Gasteiger partial charge in [-0.05, 0) is 24.6 Å². The van der Waals surface area contributed by atoms with Crippen molar-refractivity contribution in [2.45, 2.75) is 6.92 Å². The van der Waals surface area contributed by atoms with Gasteiger partial charge in [0.1, 0.15) is 11.5 Å². The summed E-state index contributed by atoms with van der Waals surface area (Å²) >= 11 is 0. The zero-order valence-corrected chi connectivity index (χ0v) is 10.5. The number of H-pyrrole nitrogens is 1. The largest absolute Gasteiger partial charge is 0.497 e. The molecule has 2 aromatic rings. The van der Waals surface area contributed by atoms with Crippen LogP contribution < -0.4 is 15.2 Å². The number of rotatable bonds is 3. The van der Waals surface area contributed by atoms with E-state index in [1.807, 2.05) is 19.1 Å². The molecule has 94 valence electrons. The first-order chi connectivity index (χ1) is 8.63. The number of aryl methyl sites for hydroxylation is 1. The second-order valence-electron chi connectivity index (χ2n) is 3.85. The molecular weight excluding hydrogens is 232 g/mol. The standard InChI is InChI=1S/C13H14N2O3/c1-8-7-14-13(16)15-12(8)9-4-10(17-2)6-11(5-9)18-3/h4-7H,1-3H3,(H,14,15,16). The van der Waals surface area contributed by atoms with Crippen LogP contribution in [0.4, 0.5) is 0 Å². The Morgan fingerprint density at radius 3 is 2.28 bits per heavy atom. The summed E-state index contributed by atoms with van der Waals surface area (Å²) in [6.45, 7) is 1.88. The molecule has 2 rings (SSSR count). The van der Waals surface area contributed by atoms with E-state index in [-0.39, 0.29) is 5.69 Å². The van der Waals surface area contributed by atoms with Crippen LogP contribution in [0, 0.1) is 6.92 Å². The molecule has 5 nitrogen and oxygen atoms in total. The number of methoxy groups -OCH3 is 2. The molecule has 0 aliphatic heterocycles. The Kier molecular flexibility index (Phi) is 3.32. The molecule has 5 heteroatoms. The summed E-state index contributed by atoms with van der Waals surface area (Å²) in [6, 6.07) is 5.44. The van der Waals surface area contributed by atoms with Crippen molar-refractivity contribution in [2.75, 3.05) is 14.2 Å². The minimum absolute atomic E-state index is 0.377. The molecule has 0 atom stereocenters. The van der Waals surface area contributed by atoms with E-state index in [1.165, 1.54) is 0 Å². The highest BCUT2D eigenvalue weighted by Crippen LogP contribution is 2.29. The Labute approximate surface area is 104 Å². The first-order valence-corrected chi connectivity index (χ1v) is 5.43. The molecule has 0 radical (unpaired) electrons. The van der Waals surface area contributed by atoms with Gasteiger partial charge in [-0.15, -0.1) is 0 Å². The average molecular weight is 246 g/mol. The normalized spacial score (nSPS) is 10.2. The van der Waals surface area contributed by atoms with E-state index in [0.717, 1.165) is 11.1 Å². The highest BCUT2D eigenvalue weighted by Gasteiger charge is 2.07. The number of benzene rings is 1. The van der Waals surface area contributed by atoms with Gasteiger partial charge < -0.3 is 14.5 Å². The lowest BCUT2D eigenvalue weighted by molar-refractivity contribution is 0.394. The fourth-order valence-corrected chi connectivity index (χ4v) is 1.71. The Bertz CT molecular complexity index is 598. The number of nitrogens with one attached hydrogen (secondary N) is 1. The monoisotopic (exact) mass is 246 g/mol. The van der Waals surface area contributed by atoms with Crippen LogP contribution in [0.2, 0.25) is 0 Å². The molecule has 1 aromatic heterocycles. The van der Waals surface area contributed by atoms with E-state index < -0.39 is 0 Å². The topological polar surface area (TPSA) is 64.2 Å². The fourth-order valence-electron chi connectivity index (χ4n) is 1.71. The predicted molar refractivity (Wildman–Crippen MR) is 68.1 cm³/mol. The molecule has 1 heterocycles. The summed E-state index contributed by atoms with van der Waals surface area (Å²) in [7, 11) is 3.17. The van der Waals surface area contributed by atoms with Gasteiger partial charge in [0.15, 0.2) is 0 Å². The maximum Gasteiger partial charge on any atom is 0.345 e. The second kappa shape index (κ2) is 4.91. The number of nitrogens with zero attached hydrogens (tertiary/aromatic N) is 1. The lowest BCUT2D eigenvalue weighted by atomic mass is 10.1. The first-order valence-electron chi connectivity index (χ1n) is 5.43. The first kappa shape index (κ1) is 12.2. The van der Waals surface area contributed by atoms with E-state index in [4.69, 9.17) is 9.47 Å². The van der Waals surface area contributed by atoms with Crippen molar-refractivity contribution in [3.8, 4) is 22.8 Å². The maximum atomic E-state index is 11.3. The molecule has 0 aliphatic rings. The number of ether oxygens (including phenoxy) is 2. The Hall–Kier alpha value is -2.30. The van der Waals surface area contributed by atoms with E-state index >= 15 is 0 Å². The zero-order valence-electron chi connectivity index (χ0n) is 10.5. The summed E-state index contributed by atoms with van der Waals surface area (Å²) in [5.41, 5.74) is 2.04. The number of hydrogen-bond acceptors (Lipinski definition) is 4. The van der Waals surface area contributed by atoms with Crippen LogP contribution in [-0.4, -0.2) is 24.2 Å². The van der Waals surface area contributed by atoms with E-state index in [1.54, 1.807) is 26.5 Å². The highest BCUT2D eigenvalue weighted by molar-refractivity contribution is 5.66. The summed E-state index contributed by atoms with van der Waals surface area (Å²) in [4.78, 5) is 17.7. The van der Waals surface area contributed by atoms with Gasteiger partial charge in [-0.2, -0.15) is 0 Å². The summed E-state index contributed by atoms with van der Waals surface area (Å²) in [6.07, 6.45) is 1.54. The molecule has 0 amide bonds. The minimum Gasteiger partial charge on any atom is -0.497 e. The van der Waals surface area contributed by atoms with Crippen LogP contribution in [-0.2, 0) is 0 Å². The smallest absolute Gasteiger partial charge is 0.345 e. The molecule has 0 aliphatic carbocycles. The van der Waals surface area contributed by atoms with Gasteiger partial charge in [0.25, 0.3) is 0 Å². The number of aromatic nitrogens is 2. The van der Waals surface area contributed by atoms with Gasteiger partial charge in [-0.25, -0.2) is 9.78 Å². The molecule has 1 N–H and O–H groups in total. The minimum atomic E-state index is -0.377. The van der Waals surface area contributed by atoms with Crippen LogP contribution in [0.1, 0.15) is 5.56 Å². The van der Waals surface area contributed by atoms with Crippen molar-refractivity contribution < 1.29 is 9.47 Å². The number of hydrogen-bond donors (Lipinski definition) is 1. The fraction of sp³-hybridized carbons (Fsp3) is 0.231. The van der Waals surface area contributed by atoms with Crippen LogP contribution >= 0.6 is 0 Å². The predicted octanol–water partition coefficient (Wildman–Crippen LogP) is 1.76. The van der Waals surface area contributed by atoms with E-state index in [9.17, 15) is 4.79 Å². The van der Waals surface area contributed by atoms with Gasteiger partial charge in [-0.3, -0.25) is 0 Å². The molecular formula is C13H14N2O3. The third kappa shape index (κ3) is 2.34. The van der Waals surface area contributed by atoms with Crippen LogP contribution in [0.3, 0.4) is 0 Å².